The van der Waals surface area contributed by atoms with E-state index in [1.165, 1.54) is 17.0 Å². The number of fused-ring (bicyclic) bond motifs is 1. The fourth-order valence-corrected chi connectivity index (χ4v) is 2.78. The first kappa shape index (κ1) is 12.0. The first-order valence-electron chi connectivity index (χ1n) is 6.18. The Morgan fingerprint density at radius 3 is 3.00 bits per heavy atom. The molecule has 0 bridgehead atoms. The van der Waals surface area contributed by atoms with Gasteiger partial charge in [-0.1, -0.05) is 0 Å². The number of halogens is 1. The Morgan fingerprint density at radius 2 is 2.32 bits per heavy atom. The van der Waals surface area contributed by atoms with Crippen LogP contribution in [0.1, 0.15) is 18.3 Å². The summed E-state index contributed by atoms with van der Waals surface area (Å²) in [6.45, 7) is 2.85. The highest BCUT2D eigenvalue weighted by Crippen LogP contribution is 2.28. The van der Waals surface area contributed by atoms with E-state index in [4.69, 9.17) is 5.11 Å². The number of hydrogen-bond acceptors (Lipinski definition) is 2. The van der Waals surface area contributed by atoms with Gasteiger partial charge >= 0.3 is 6.09 Å². The Labute approximate surface area is 109 Å². The topological polar surface area (TPSA) is 58.4 Å². The second-order valence-electron chi connectivity index (χ2n) is 4.83. The number of benzene rings is 1. The molecule has 3 rings (SSSR count). The molecule has 0 saturated carbocycles. The van der Waals surface area contributed by atoms with Crippen LogP contribution in [-0.4, -0.2) is 38.7 Å². The maximum atomic E-state index is 13.2. The minimum absolute atomic E-state index is 0.0755. The smallest absolute Gasteiger partial charge is 0.407 e. The Morgan fingerprint density at radius 1 is 1.53 bits per heavy atom. The molecule has 2 heterocycles. The van der Waals surface area contributed by atoms with E-state index in [0.717, 1.165) is 17.8 Å². The lowest BCUT2D eigenvalue weighted by atomic mass is 10.2. The normalized spacial score (nSPS) is 19.3. The van der Waals surface area contributed by atoms with Crippen LogP contribution in [0.5, 0.6) is 0 Å². The summed E-state index contributed by atoms with van der Waals surface area (Å²) >= 11 is 0. The Kier molecular flexibility index (Phi) is 2.66. The highest BCUT2D eigenvalue weighted by Gasteiger charge is 2.29. The van der Waals surface area contributed by atoms with Crippen LogP contribution < -0.4 is 0 Å². The van der Waals surface area contributed by atoms with Crippen LogP contribution in [0.2, 0.25) is 0 Å². The maximum absolute atomic E-state index is 13.2. The first-order chi connectivity index (χ1) is 9.06. The van der Waals surface area contributed by atoms with Gasteiger partial charge in [0.05, 0.1) is 17.1 Å². The molecule has 0 spiro atoms. The molecule has 1 atom stereocenters. The zero-order valence-corrected chi connectivity index (χ0v) is 10.5. The number of hydrogen-bond donors (Lipinski definition) is 1. The van der Waals surface area contributed by atoms with Gasteiger partial charge in [-0.25, -0.2) is 14.2 Å². The lowest BCUT2D eigenvalue weighted by Crippen LogP contribution is -2.27. The van der Waals surface area contributed by atoms with Crippen molar-refractivity contribution in [2.45, 2.75) is 19.4 Å². The lowest BCUT2D eigenvalue weighted by Gasteiger charge is -2.16. The molecule has 1 aromatic carbocycles. The minimum Gasteiger partial charge on any atom is -0.465 e. The number of aryl methyl sites for hydroxylation is 1. The molecule has 5 nitrogen and oxygen atoms in total. The number of carbonyl (C=O) groups is 1. The summed E-state index contributed by atoms with van der Waals surface area (Å²) in [7, 11) is 0. The first-order valence-corrected chi connectivity index (χ1v) is 6.18. The van der Waals surface area contributed by atoms with Gasteiger partial charge in [-0.15, -0.1) is 0 Å². The zero-order valence-electron chi connectivity index (χ0n) is 10.5. The molecule has 6 heteroatoms. The minimum atomic E-state index is -0.893. The van der Waals surface area contributed by atoms with Crippen LogP contribution in [0.25, 0.3) is 11.0 Å². The highest BCUT2D eigenvalue weighted by molar-refractivity contribution is 5.76. The van der Waals surface area contributed by atoms with E-state index in [1.54, 1.807) is 6.07 Å². The molecule has 1 aliphatic heterocycles. The zero-order chi connectivity index (χ0) is 13.6. The molecule has 1 aliphatic rings. The number of aromatic nitrogens is 2. The van der Waals surface area contributed by atoms with Gasteiger partial charge < -0.3 is 14.6 Å². The van der Waals surface area contributed by atoms with Gasteiger partial charge in [-0.2, -0.15) is 0 Å². The third-order valence-corrected chi connectivity index (χ3v) is 3.63. The van der Waals surface area contributed by atoms with Gasteiger partial charge in [0.15, 0.2) is 0 Å². The fraction of sp³-hybridized carbons (Fsp3) is 0.385. The molecule has 1 N–H and O–H groups in total. The molecule has 0 radical (unpaired) electrons. The quantitative estimate of drug-likeness (QED) is 0.859. The second-order valence-corrected chi connectivity index (χ2v) is 4.83. The molecule has 1 unspecified atom stereocenters. The molecule has 1 amide bonds. The lowest BCUT2D eigenvalue weighted by molar-refractivity contribution is 0.154. The van der Waals surface area contributed by atoms with E-state index in [0.29, 0.717) is 18.6 Å². The van der Waals surface area contributed by atoms with Gasteiger partial charge in [0.1, 0.15) is 11.6 Å². The van der Waals surface area contributed by atoms with Gasteiger partial charge in [0.2, 0.25) is 0 Å². The summed E-state index contributed by atoms with van der Waals surface area (Å²) in [6, 6.07) is 4.59. The average Bonchev–Trinajstić information content (AvgIpc) is 2.91. The van der Waals surface area contributed by atoms with Gasteiger partial charge in [0.25, 0.3) is 0 Å². The van der Waals surface area contributed by atoms with Crippen molar-refractivity contribution in [2.24, 2.45) is 0 Å². The predicted octanol–water partition coefficient (Wildman–Crippen LogP) is 2.41. The van der Waals surface area contributed by atoms with Gasteiger partial charge in [-0.05, 0) is 25.5 Å². The molecule has 1 fully saturated rings. The van der Waals surface area contributed by atoms with Crippen molar-refractivity contribution in [1.29, 1.82) is 0 Å². The number of amides is 1. The van der Waals surface area contributed by atoms with Crippen molar-refractivity contribution in [3.63, 3.8) is 0 Å². The van der Waals surface area contributed by atoms with Crippen molar-refractivity contribution < 1.29 is 14.3 Å². The summed E-state index contributed by atoms with van der Waals surface area (Å²) in [5, 5.41) is 9.00. The summed E-state index contributed by atoms with van der Waals surface area (Å²) in [5.41, 5.74) is 1.47. The second kappa shape index (κ2) is 4.22. The average molecular weight is 263 g/mol. The highest BCUT2D eigenvalue weighted by atomic mass is 19.1. The predicted molar refractivity (Wildman–Crippen MR) is 67.7 cm³/mol. The number of likely N-dealkylation sites (tertiary alicyclic amines) is 1. The van der Waals surface area contributed by atoms with Gasteiger partial charge in [0, 0.05) is 19.2 Å². The van der Waals surface area contributed by atoms with Crippen LogP contribution in [0.4, 0.5) is 9.18 Å². The third kappa shape index (κ3) is 1.93. The number of nitrogens with zero attached hydrogens (tertiary/aromatic N) is 3. The van der Waals surface area contributed by atoms with Crippen molar-refractivity contribution in [2.75, 3.05) is 13.1 Å². The van der Waals surface area contributed by atoms with E-state index in [9.17, 15) is 9.18 Å². The van der Waals surface area contributed by atoms with Crippen molar-refractivity contribution >= 4 is 17.1 Å². The van der Waals surface area contributed by atoms with Gasteiger partial charge in [-0.3, -0.25) is 0 Å². The maximum Gasteiger partial charge on any atom is 0.407 e. The Bertz CT molecular complexity index is 653. The Hall–Kier alpha value is -2.11. The number of rotatable bonds is 1. The van der Waals surface area contributed by atoms with Crippen LogP contribution >= 0.6 is 0 Å². The van der Waals surface area contributed by atoms with Crippen LogP contribution in [0.15, 0.2) is 18.2 Å². The van der Waals surface area contributed by atoms with Crippen LogP contribution in [-0.2, 0) is 0 Å². The fourth-order valence-electron chi connectivity index (χ4n) is 2.78. The summed E-state index contributed by atoms with van der Waals surface area (Å²) in [5.74, 6) is 0.480. The monoisotopic (exact) mass is 263 g/mol. The van der Waals surface area contributed by atoms with Crippen molar-refractivity contribution in [1.82, 2.24) is 14.5 Å². The number of imidazole rings is 1. The standard InChI is InChI=1S/C13H14FN3O2/c1-8-15-11-6-9(14)2-3-12(11)17(8)10-4-5-16(7-10)13(18)19/h2-3,6,10H,4-5,7H2,1H3,(H,18,19). The van der Waals surface area contributed by atoms with Crippen molar-refractivity contribution in [3.8, 4) is 0 Å². The van der Waals surface area contributed by atoms with Crippen LogP contribution in [0.3, 0.4) is 0 Å². The third-order valence-electron chi connectivity index (χ3n) is 3.63. The molecular weight excluding hydrogens is 249 g/mol. The van der Waals surface area contributed by atoms with E-state index in [1.807, 2.05) is 11.5 Å². The number of carboxylic acid groups (broad SMARTS) is 1. The van der Waals surface area contributed by atoms with E-state index < -0.39 is 6.09 Å². The van der Waals surface area contributed by atoms with E-state index >= 15 is 0 Å². The molecule has 19 heavy (non-hydrogen) atoms. The summed E-state index contributed by atoms with van der Waals surface area (Å²) in [4.78, 5) is 16.7. The summed E-state index contributed by atoms with van der Waals surface area (Å²) in [6.07, 6.45) is -0.133. The molecular formula is C13H14FN3O2. The molecule has 1 saturated heterocycles. The van der Waals surface area contributed by atoms with Crippen LogP contribution in [0, 0.1) is 12.7 Å². The Balaban J connectivity index is 2.01. The largest absolute Gasteiger partial charge is 0.465 e. The summed E-state index contributed by atoms with van der Waals surface area (Å²) < 4.78 is 15.2. The molecule has 2 aromatic rings. The van der Waals surface area contributed by atoms with E-state index in [-0.39, 0.29) is 11.9 Å². The van der Waals surface area contributed by atoms with E-state index in [2.05, 4.69) is 4.98 Å². The van der Waals surface area contributed by atoms with Crippen molar-refractivity contribution in [3.05, 3.63) is 29.8 Å². The SMILES string of the molecule is Cc1nc2cc(F)ccc2n1C1CCN(C(=O)O)C1. The molecule has 100 valence electrons. The molecule has 0 aliphatic carbocycles. The molecule has 1 aromatic heterocycles.